The van der Waals surface area contributed by atoms with E-state index in [4.69, 9.17) is 4.74 Å². The lowest BCUT2D eigenvalue weighted by Crippen LogP contribution is -1.83. The van der Waals surface area contributed by atoms with E-state index in [1.165, 1.54) is 0 Å². The van der Waals surface area contributed by atoms with Crippen LogP contribution in [0.1, 0.15) is 6.92 Å². The molecule has 1 heteroatoms. The van der Waals surface area contributed by atoms with Gasteiger partial charge in [-0.05, 0) is 30.6 Å². The van der Waals surface area contributed by atoms with Gasteiger partial charge in [-0.2, -0.15) is 0 Å². The zero-order valence-electron chi connectivity index (χ0n) is 8.00. The van der Waals surface area contributed by atoms with Gasteiger partial charge in [0.2, 0.25) is 0 Å². The highest BCUT2D eigenvalue weighted by molar-refractivity contribution is 5.37. The molecule has 0 bridgehead atoms. The molecule has 1 aliphatic rings. The SMILES string of the molecule is C=CC=CC1OC1C#CC#CC#CC. The van der Waals surface area contributed by atoms with Crippen molar-refractivity contribution in [2.75, 3.05) is 0 Å². The Kier molecular flexibility index (Phi) is 4.16. The Morgan fingerprint density at radius 2 is 2.00 bits per heavy atom. The molecule has 0 aliphatic carbocycles. The number of hydrogen-bond acceptors (Lipinski definition) is 1. The Balaban J connectivity index is 2.34. The Morgan fingerprint density at radius 1 is 1.21 bits per heavy atom. The van der Waals surface area contributed by atoms with Gasteiger partial charge in [-0.25, -0.2) is 0 Å². The minimum atomic E-state index is -0.00455. The van der Waals surface area contributed by atoms with E-state index >= 15 is 0 Å². The highest BCUT2D eigenvalue weighted by Gasteiger charge is 2.34. The molecule has 1 nitrogen and oxygen atoms in total. The molecule has 1 heterocycles. The molecule has 0 aromatic carbocycles. The number of epoxide rings is 1. The Hall–Kier alpha value is -1.88. The molecule has 0 saturated carbocycles. The van der Waals surface area contributed by atoms with Crippen LogP contribution in [-0.2, 0) is 4.74 Å². The van der Waals surface area contributed by atoms with Crippen molar-refractivity contribution in [2.24, 2.45) is 0 Å². The van der Waals surface area contributed by atoms with Crippen molar-refractivity contribution in [3.05, 3.63) is 24.8 Å². The smallest absolute Gasteiger partial charge is 0.149 e. The third kappa shape index (κ3) is 3.68. The summed E-state index contributed by atoms with van der Waals surface area (Å²) in [6.45, 7) is 5.30. The molecule has 0 N–H and O–H groups in total. The Morgan fingerprint density at radius 3 is 2.71 bits per heavy atom. The molecule has 1 saturated heterocycles. The first kappa shape index (κ1) is 10.2. The fourth-order valence-electron chi connectivity index (χ4n) is 0.807. The van der Waals surface area contributed by atoms with Crippen LogP contribution in [0.5, 0.6) is 0 Å². The van der Waals surface area contributed by atoms with Crippen LogP contribution in [0.25, 0.3) is 0 Å². The largest absolute Gasteiger partial charge is 0.351 e. The highest BCUT2D eigenvalue weighted by atomic mass is 16.6. The van der Waals surface area contributed by atoms with E-state index in [1.807, 2.05) is 12.2 Å². The van der Waals surface area contributed by atoms with Crippen LogP contribution in [0.3, 0.4) is 0 Å². The summed E-state index contributed by atoms with van der Waals surface area (Å²) >= 11 is 0. The van der Waals surface area contributed by atoms with Gasteiger partial charge in [0.25, 0.3) is 0 Å². The molecule has 68 valence electrons. The van der Waals surface area contributed by atoms with Crippen LogP contribution in [0.15, 0.2) is 24.8 Å². The van der Waals surface area contributed by atoms with Crippen LogP contribution < -0.4 is 0 Å². The molecule has 1 rings (SSSR count). The van der Waals surface area contributed by atoms with Gasteiger partial charge in [0.15, 0.2) is 0 Å². The standard InChI is InChI=1S/C13H10O/c1-3-5-7-8-9-11-13-12(14-13)10-6-4-2/h4,6,10,12-13H,2H2,1H3. The molecular weight excluding hydrogens is 172 g/mol. The molecular formula is C13H10O. The predicted octanol–water partition coefficient (Wildman–Crippen LogP) is 1.53. The van der Waals surface area contributed by atoms with Crippen molar-refractivity contribution in [1.29, 1.82) is 0 Å². The predicted molar refractivity (Wildman–Crippen MR) is 57.0 cm³/mol. The second kappa shape index (κ2) is 5.71. The van der Waals surface area contributed by atoms with E-state index < -0.39 is 0 Å². The van der Waals surface area contributed by atoms with E-state index in [0.717, 1.165) is 0 Å². The minimum absolute atomic E-state index is 0.00455. The van der Waals surface area contributed by atoms with E-state index in [9.17, 15) is 0 Å². The minimum Gasteiger partial charge on any atom is -0.351 e. The Bertz CT molecular complexity index is 409. The average molecular weight is 182 g/mol. The normalized spacial score (nSPS) is 22.1. The van der Waals surface area contributed by atoms with Gasteiger partial charge in [0.1, 0.15) is 12.2 Å². The summed E-state index contributed by atoms with van der Waals surface area (Å²) in [6.07, 6.45) is 5.59. The number of rotatable bonds is 2. The second-order valence-corrected chi connectivity index (χ2v) is 2.54. The number of ether oxygens (including phenoxy) is 1. The maximum Gasteiger partial charge on any atom is 0.149 e. The van der Waals surface area contributed by atoms with Crippen molar-refractivity contribution in [1.82, 2.24) is 0 Å². The topological polar surface area (TPSA) is 12.5 Å². The van der Waals surface area contributed by atoms with Gasteiger partial charge in [0, 0.05) is 0 Å². The van der Waals surface area contributed by atoms with E-state index in [2.05, 4.69) is 42.1 Å². The Labute approximate surface area is 84.8 Å². The molecule has 1 aliphatic heterocycles. The molecule has 2 unspecified atom stereocenters. The van der Waals surface area contributed by atoms with Crippen LogP contribution in [0.2, 0.25) is 0 Å². The van der Waals surface area contributed by atoms with Crippen LogP contribution in [0.4, 0.5) is 0 Å². The van der Waals surface area contributed by atoms with E-state index in [1.54, 1.807) is 13.0 Å². The fourth-order valence-corrected chi connectivity index (χ4v) is 0.807. The molecule has 1 fully saturated rings. The van der Waals surface area contributed by atoms with E-state index in [0.29, 0.717) is 0 Å². The molecule has 0 aromatic rings. The lowest BCUT2D eigenvalue weighted by molar-refractivity contribution is 0.417. The molecule has 0 aromatic heterocycles. The third-order valence-electron chi connectivity index (χ3n) is 1.49. The molecule has 2 atom stereocenters. The molecule has 0 spiro atoms. The van der Waals surface area contributed by atoms with E-state index in [-0.39, 0.29) is 12.2 Å². The summed E-state index contributed by atoms with van der Waals surface area (Å²) in [4.78, 5) is 0. The van der Waals surface area contributed by atoms with Gasteiger partial charge >= 0.3 is 0 Å². The number of hydrogen-bond donors (Lipinski definition) is 0. The summed E-state index contributed by atoms with van der Waals surface area (Å²) in [5.74, 6) is 16.1. The summed E-state index contributed by atoms with van der Waals surface area (Å²) in [5, 5.41) is 0. The first-order valence-corrected chi connectivity index (χ1v) is 4.25. The summed E-state index contributed by atoms with van der Waals surface area (Å²) in [5.41, 5.74) is 0. The average Bonchev–Trinajstić information content (AvgIpc) is 2.93. The molecule has 0 radical (unpaired) electrons. The van der Waals surface area contributed by atoms with Crippen molar-refractivity contribution < 1.29 is 4.74 Å². The zero-order chi connectivity index (χ0) is 10.2. The molecule has 0 amide bonds. The summed E-state index contributed by atoms with van der Waals surface area (Å²) in [7, 11) is 0. The lowest BCUT2D eigenvalue weighted by Gasteiger charge is -1.71. The zero-order valence-corrected chi connectivity index (χ0v) is 8.00. The lowest BCUT2D eigenvalue weighted by atomic mass is 10.3. The first-order chi connectivity index (χ1) is 6.88. The monoisotopic (exact) mass is 182 g/mol. The molecule has 14 heavy (non-hydrogen) atoms. The number of allylic oxidation sites excluding steroid dienone is 2. The van der Waals surface area contributed by atoms with Gasteiger partial charge in [-0.15, -0.1) is 0 Å². The van der Waals surface area contributed by atoms with Crippen molar-refractivity contribution >= 4 is 0 Å². The maximum absolute atomic E-state index is 5.21. The summed E-state index contributed by atoms with van der Waals surface area (Å²) in [6, 6.07) is 0. The third-order valence-corrected chi connectivity index (χ3v) is 1.49. The van der Waals surface area contributed by atoms with Crippen molar-refractivity contribution in [3.8, 4) is 35.5 Å². The van der Waals surface area contributed by atoms with Gasteiger partial charge in [0.05, 0.1) is 0 Å². The van der Waals surface area contributed by atoms with Gasteiger partial charge in [-0.3, -0.25) is 0 Å². The van der Waals surface area contributed by atoms with Gasteiger partial charge in [-0.1, -0.05) is 36.6 Å². The van der Waals surface area contributed by atoms with Crippen LogP contribution >= 0.6 is 0 Å². The van der Waals surface area contributed by atoms with Gasteiger partial charge < -0.3 is 4.74 Å². The van der Waals surface area contributed by atoms with Crippen LogP contribution in [0, 0.1) is 35.5 Å². The quantitative estimate of drug-likeness (QED) is 0.358. The van der Waals surface area contributed by atoms with Crippen LogP contribution in [-0.4, -0.2) is 12.2 Å². The maximum atomic E-state index is 5.21. The fraction of sp³-hybridized carbons (Fsp3) is 0.231. The van der Waals surface area contributed by atoms with Crippen molar-refractivity contribution in [3.63, 3.8) is 0 Å². The second-order valence-electron chi connectivity index (χ2n) is 2.54. The summed E-state index contributed by atoms with van der Waals surface area (Å²) < 4.78 is 5.21. The highest BCUT2D eigenvalue weighted by Crippen LogP contribution is 2.21. The van der Waals surface area contributed by atoms with Crippen molar-refractivity contribution in [2.45, 2.75) is 19.1 Å². The first-order valence-electron chi connectivity index (χ1n) is 4.25.